The quantitative estimate of drug-likeness (QED) is 0.195. The molecule has 1 heterocycles. The fourth-order valence-electron chi connectivity index (χ4n) is 7.37. The van der Waals surface area contributed by atoms with Crippen LogP contribution in [0.3, 0.4) is 0 Å². The molecule has 0 unspecified atom stereocenters. The molecule has 0 saturated carbocycles. The summed E-state index contributed by atoms with van der Waals surface area (Å²) in [7, 11) is 0. The van der Waals surface area contributed by atoms with Crippen LogP contribution in [0.15, 0.2) is 60.7 Å². The van der Waals surface area contributed by atoms with Crippen LogP contribution in [-0.2, 0) is 16.2 Å². The van der Waals surface area contributed by atoms with E-state index in [1.165, 1.54) is 55.9 Å². The van der Waals surface area contributed by atoms with Crippen molar-refractivity contribution in [1.82, 2.24) is 0 Å². The number of anilines is 4. The predicted octanol–water partition coefficient (Wildman–Crippen LogP) is 14.7. The van der Waals surface area contributed by atoms with Crippen molar-refractivity contribution in [3.05, 3.63) is 105 Å². The molecule has 0 spiro atoms. The molecule has 1 aliphatic rings. The van der Waals surface area contributed by atoms with Crippen LogP contribution in [0.25, 0.3) is 0 Å². The highest BCUT2D eigenvalue weighted by atomic mass is 16.5. The first-order valence-corrected chi connectivity index (χ1v) is 19.0. The van der Waals surface area contributed by atoms with Gasteiger partial charge < -0.3 is 15.4 Å². The molecule has 3 heteroatoms. The van der Waals surface area contributed by atoms with Gasteiger partial charge in [-0.3, -0.25) is 0 Å². The number of nitrogens with one attached hydrogen (secondary N) is 2. The molecular formula is C47H64N2O. The maximum Gasteiger partial charge on any atom is 0.155 e. The van der Waals surface area contributed by atoms with Crippen LogP contribution in [-0.4, -0.2) is 0 Å². The first kappa shape index (κ1) is 37.5. The summed E-state index contributed by atoms with van der Waals surface area (Å²) >= 11 is 0. The van der Waals surface area contributed by atoms with E-state index in [9.17, 15) is 0 Å². The first-order chi connectivity index (χ1) is 23.1. The minimum atomic E-state index is -0.324. The Labute approximate surface area is 304 Å². The number of hydrogen-bond acceptors (Lipinski definition) is 3. The average molecular weight is 673 g/mol. The van der Waals surface area contributed by atoms with Crippen LogP contribution in [0, 0.1) is 0 Å². The molecule has 0 fully saturated rings. The zero-order chi connectivity index (χ0) is 37.1. The minimum absolute atomic E-state index is 0.0476. The predicted molar refractivity (Wildman–Crippen MR) is 218 cm³/mol. The highest BCUT2D eigenvalue weighted by Gasteiger charge is 2.40. The van der Waals surface area contributed by atoms with Crippen molar-refractivity contribution in [1.29, 1.82) is 0 Å². The molecule has 2 N–H and O–H groups in total. The molecule has 0 atom stereocenters. The summed E-state index contributed by atoms with van der Waals surface area (Å²) < 4.78 is 7.33. The van der Waals surface area contributed by atoms with Crippen LogP contribution in [0.1, 0.15) is 179 Å². The van der Waals surface area contributed by atoms with Gasteiger partial charge in [-0.2, -0.15) is 0 Å². The molecule has 50 heavy (non-hydrogen) atoms. The molecule has 0 aliphatic carbocycles. The maximum atomic E-state index is 7.33. The molecule has 0 aromatic heterocycles. The van der Waals surface area contributed by atoms with Gasteiger partial charge in [0.05, 0.1) is 11.4 Å². The van der Waals surface area contributed by atoms with E-state index in [1.807, 2.05) is 0 Å². The van der Waals surface area contributed by atoms with Crippen LogP contribution >= 0.6 is 0 Å². The van der Waals surface area contributed by atoms with Gasteiger partial charge in [-0.1, -0.05) is 159 Å². The Bertz CT molecular complexity index is 1690. The summed E-state index contributed by atoms with van der Waals surface area (Å²) in [5, 5.41) is 8.04. The lowest BCUT2D eigenvalue weighted by molar-refractivity contribution is 0.418. The third-order valence-electron chi connectivity index (χ3n) is 10.7. The second-order valence-corrected chi connectivity index (χ2v) is 18.5. The standard InChI is InChI=1S/C47H64N2O/c1-27(2)33-19-17-20-34(28(3)4)41(33)48-39-25-31(45(9,10)11)23-37-43(39)50-44-38(47(37,15)16)24-32(46(12,13)14)26-40(44)49-42-35(29(5)6)21-18-22-36(42)30(7)8/h17-30,48-49H,1-16H3. The highest BCUT2D eigenvalue weighted by Crippen LogP contribution is 2.56. The van der Waals surface area contributed by atoms with Gasteiger partial charge in [0.2, 0.25) is 0 Å². The lowest BCUT2D eigenvalue weighted by Crippen LogP contribution is -2.28. The van der Waals surface area contributed by atoms with E-state index in [2.05, 4.69) is 182 Å². The molecule has 1 aliphatic heterocycles. The van der Waals surface area contributed by atoms with Gasteiger partial charge in [0.25, 0.3) is 0 Å². The normalized spacial score (nSPS) is 14.2. The number of rotatable bonds is 8. The Morgan fingerprint density at radius 3 is 1.06 bits per heavy atom. The second kappa shape index (κ2) is 13.4. The van der Waals surface area contributed by atoms with E-state index < -0.39 is 0 Å². The fourth-order valence-corrected chi connectivity index (χ4v) is 7.37. The van der Waals surface area contributed by atoms with E-state index in [0.29, 0.717) is 23.7 Å². The zero-order valence-corrected chi connectivity index (χ0v) is 34.0. The van der Waals surface area contributed by atoms with Crippen LogP contribution in [0.5, 0.6) is 11.5 Å². The molecular weight excluding hydrogens is 609 g/mol. The van der Waals surface area contributed by atoms with Gasteiger partial charge in [0.15, 0.2) is 11.5 Å². The maximum absolute atomic E-state index is 7.33. The molecule has 3 nitrogen and oxygen atoms in total. The topological polar surface area (TPSA) is 33.3 Å². The van der Waals surface area contributed by atoms with E-state index in [-0.39, 0.29) is 16.2 Å². The molecule has 0 radical (unpaired) electrons. The van der Waals surface area contributed by atoms with Gasteiger partial charge in [-0.15, -0.1) is 0 Å². The Balaban J connectivity index is 1.81. The van der Waals surface area contributed by atoms with Gasteiger partial charge in [-0.05, 0) is 80.0 Å². The number of ether oxygens (including phenoxy) is 1. The Morgan fingerprint density at radius 1 is 0.500 bits per heavy atom. The van der Waals surface area contributed by atoms with E-state index in [4.69, 9.17) is 4.74 Å². The van der Waals surface area contributed by atoms with E-state index >= 15 is 0 Å². The number of hydrogen-bond donors (Lipinski definition) is 2. The van der Waals surface area contributed by atoms with Gasteiger partial charge in [0, 0.05) is 27.9 Å². The molecule has 268 valence electrons. The Hall–Kier alpha value is -3.72. The smallest absolute Gasteiger partial charge is 0.155 e. The van der Waals surface area contributed by atoms with Crippen LogP contribution in [0.4, 0.5) is 22.7 Å². The van der Waals surface area contributed by atoms with E-state index in [0.717, 1.165) is 22.9 Å². The van der Waals surface area contributed by atoms with Gasteiger partial charge >= 0.3 is 0 Å². The minimum Gasteiger partial charge on any atom is -0.452 e. The second-order valence-electron chi connectivity index (χ2n) is 18.5. The van der Waals surface area contributed by atoms with Crippen molar-refractivity contribution in [2.75, 3.05) is 10.6 Å². The lowest BCUT2D eigenvalue weighted by atomic mass is 9.71. The summed E-state index contributed by atoms with van der Waals surface area (Å²) in [5.41, 5.74) is 14.4. The third-order valence-corrected chi connectivity index (χ3v) is 10.7. The summed E-state index contributed by atoms with van der Waals surface area (Å²) in [5.74, 6) is 3.32. The van der Waals surface area contributed by atoms with Crippen molar-refractivity contribution in [3.63, 3.8) is 0 Å². The number of fused-ring (bicyclic) bond motifs is 2. The monoisotopic (exact) mass is 673 g/mol. The van der Waals surface area contributed by atoms with Crippen LogP contribution < -0.4 is 15.4 Å². The van der Waals surface area contributed by atoms with Crippen molar-refractivity contribution in [2.45, 2.75) is 151 Å². The SMILES string of the molecule is CC(C)c1cccc(C(C)C)c1Nc1cc(C(C)(C)C)cc2c1Oc1c(Nc3c(C(C)C)cccc3C(C)C)cc(C(C)(C)C)cc1C2(C)C. The van der Waals surface area contributed by atoms with Crippen molar-refractivity contribution < 1.29 is 4.74 Å². The first-order valence-electron chi connectivity index (χ1n) is 19.0. The van der Waals surface area contributed by atoms with Crippen molar-refractivity contribution in [3.8, 4) is 11.5 Å². The third kappa shape index (κ3) is 7.07. The lowest BCUT2D eigenvalue weighted by Gasteiger charge is -2.39. The summed E-state index contributed by atoms with van der Waals surface area (Å²) in [4.78, 5) is 0. The molecule has 4 aromatic rings. The highest BCUT2D eigenvalue weighted by molar-refractivity contribution is 5.82. The van der Waals surface area contributed by atoms with Crippen molar-refractivity contribution in [2.24, 2.45) is 0 Å². The Morgan fingerprint density at radius 2 is 0.800 bits per heavy atom. The summed E-state index contributed by atoms with van der Waals surface area (Å²) in [6.45, 7) is 36.9. The molecule has 4 aromatic carbocycles. The molecule has 5 rings (SSSR count). The van der Waals surface area contributed by atoms with Gasteiger partial charge in [-0.25, -0.2) is 0 Å². The van der Waals surface area contributed by atoms with Crippen molar-refractivity contribution >= 4 is 22.7 Å². The molecule has 0 amide bonds. The average Bonchev–Trinajstić information content (AvgIpc) is 3.00. The van der Waals surface area contributed by atoms with Crippen LogP contribution in [0.2, 0.25) is 0 Å². The largest absolute Gasteiger partial charge is 0.452 e. The summed E-state index contributed by atoms with van der Waals surface area (Å²) in [6, 6.07) is 23.0. The number of benzene rings is 4. The number of para-hydroxylation sites is 2. The summed E-state index contributed by atoms with van der Waals surface area (Å²) in [6.07, 6.45) is 0. The Kier molecular flexibility index (Phi) is 10.1. The zero-order valence-electron chi connectivity index (χ0n) is 34.0. The fraction of sp³-hybridized carbons (Fsp3) is 0.489. The van der Waals surface area contributed by atoms with E-state index in [1.54, 1.807) is 0 Å². The van der Waals surface area contributed by atoms with Gasteiger partial charge in [0.1, 0.15) is 0 Å². The molecule has 0 bridgehead atoms. The molecule has 0 saturated heterocycles.